The largest absolute Gasteiger partial charge is 0.497 e. The number of benzene rings is 3. The number of hydrogen-bond donors (Lipinski definition) is 3. The van der Waals surface area contributed by atoms with Crippen LogP contribution in [0.5, 0.6) is 5.75 Å². The molecule has 3 N–H and O–H groups in total. The number of amides is 3. The van der Waals surface area contributed by atoms with E-state index in [0.29, 0.717) is 5.75 Å². The average molecular weight is 451 g/mol. The van der Waals surface area contributed by atoms with Gasteiger partial charge < -0.3 is 10.1 Å². The maximum absolute atomic E-state index is 12.6. The monoisotopic (exact) mass is 451 g/mol. The SMILES string of the molecule is COc1ccc(S(=O)(=O)Nc2ccc(C(=O)Nc3cccc4c3C(=O)NC4=O)cc2)cc1. The van der Waals surface area contributed by atoms with E-state index in [-0.39, 0.29) is 33.0 Å². The fourth-order valence-corrected chi connectivity index (χ4v) is 4.23. The molecule has 162 valence electrons. The van der Waals surface area contributed by atoms with E-state index in [9.17, 15) is 22.8 Å². The molecule has 4 rings (SSSR count). The molecule has 1 aliphatic rings. The lowest BCUT2D eigenvalue weighted by atomic mass is 10.1. The number of hydrogen-bond acceptors (Lipinski definition) is 6. The Kier molecular flexibility index (Phi) is 5.37. The van der Waals surface area contributed by atoms with Crippen LogP contribution < -0.4 is 20.1 Å². The third-order valence-electron chi connectivity index (χ3n) is 4.78. The molecule has 3 aromatic rings. The molecule has 10 heteroatoms. The summed E-state index contributed by atoms with van der Waals surface area (Å²) in [7, 11) is -2.34. The Balaban J connectivity index is 1.49. The first-order valence-corrected chi connectivity index (χ1v) is 10.8. The molecule has 0 spiro atoms. The second kappa shape index (κ2) is 8.16. The molecule has 3 aromatic carbocycles. The molecular formula is C22H17N3O6S. The molecule has 0 radical (unpaired) electrons. The highest BCUT2D eigenvalue weighted by molar-refractivity contribution is 7.92. The van der Waals surface area contributed by atoms with Gasteiger partial charge in [-0.25, -0.2) is 8.42 Å². The number of nitrogens with one attached hydrogen (secondary N) is 3. The number of sulfonamides is 1. The Morgan fingerprint density at radius 1 is 0.906 bits per heavy atom. The standard InChI is InChI=1S/C22H17N3O6S/c1-31-15-9-11-16(12-10-15)32(29,30)25-14-7-5-13(6-8-14)20(26)23-18-4-2-3-17-19(18)22(28)24-21(17)27/h2-12,25H,1H3,(H,23,26)(H,24,27,28). The first-order chi connectivity index (χ1) is 15.3. The van der Waals surface area contributed by atoms with Crippen LogP contribution in [0, 0.1) is 0 Å². The van der Waals surface area contributed by atoms with Crippen molar-refractivity contribution in [2.45, 2.75) is 4.90 Å². The third-order valence-corrected chi connectivity index (χ3v) is 6.18. The van der Waals surface area contributed by atoms with E-state index in [1.807, 2.05) is 0 Å². The minimum absolute atomic E-state index is 0.0610. The van der Waals surface area contributed by atoms with Crippen molar-refractivity contribution in [1.29, 1.82) is 0 Å². The van der Waals surface area contributed by atoms with Crippen LogP contribution in [0.2, 0.25) is 0 Å². The van der Waals surface area contributed by atoms with Crippen molar-refractivity contribution in [1.82, 2.24) is 5.32 Å². The molecule has 32 heavy (non-hydrogen) atoms. The van der Waals surface area contributed by atoms with Crippen LogP contribution in [0.4, 0.5) is 11.4 Å². The van der Waals surface area contributed by atoms with Crippen molar-refractivity contribution < 1.29 is 27.5 Å². The number of carbonyl (C=O) groups excluding carboxylic acids is 3. The number of rotatable bonds is 6. The average Bonchev–Trinajstić information content (AvgIpc) is 3.08. The Morgan fingerprint density at radius 3 is 2.25 bits per heavy atom. The van der Waals surface area contributed by atoms with E-state index < -0.39 is 27.7 Å². The van der Waals surface area contributed by atoms with Crippen LogP contribution in [0.1, 0.15) is 31.1 Å². The summed E-state index contributed by atoms with van der Waals surface area (Å²) in [4.78, 5) is 36.4. The van der Waals surface area contributed by atoms with Crippen molar-refractivity contribution in [3.63, 3.8) is 0 Å². The zero-order chi connectivity index (χ0) is 22.9. The summed E-state index contributed by atoms with van der Waals surface area (Å²) in [5, 5.41) is 4.79. The third kappa shape index (κ3) is 4.03. The van der Waals surface area contributed by atoms with Crippen LogP contribution in [0.25, 0.3) is 0 Å². The summed E-state index contributed by atoms with van der Waals surface area (Å²) in [5.41, 5.74) is 1.01. The van der Waals surface area contributed by atoms with Crippen LogP contribution in [0.15, 0.2) is 71.6 Å². The topological polar surface area (TPSA) is 131 Å². The van der Waals surface area contributed by atoms with Gasteiger partial charge in [0.1, 0.15) is 5.75 Å². The van der Waals surface area contributed by atoms with Gasteiger partial charge in [-0.05, 0) is 60.7 Å². The van der Waals surface area contributed by atoms with Gasteiger partial charge in [-0.3, -0.25) is 24.4 Å². The molecule has 1 aliphatic heterocycles. The zero-order valence-corrected chi connectivity index (χ0v) is 17.5. The maximum atomic E-state index is 12.6. The molecule has 9 nitrogen and oxygen atoms in total. The van der Waals surface area contributed by atoms with Gasteiger partial charge in [0.05, 0.1) is 28.8 Å². The second-order valence-electron chi connectivity index (χ2n) is 6.82. The minimum atomic E-state index is -3.82. The number of fused-ring (bicyclic) bond motifs is 1. The molecule has 1 heterocycles. The molecule has 0 bridgehead atoms. The van der Waals surface area contributed by atoms with E-state index in [2.05, 4.69) is 15.4 Å². The van der Waals surface area contributed by atoms with E-state index in [4.69, 9.17) is 4.74 Å². The van der Waals surface area contributed by atoms with Crippen molar-refractivity contribution in [2.75, 3.05) is 17.1 Å². The second-order valence-corrected chi connectivity index (χ2v) is 8.51. The Morgan fingerprint density at radius 2 is 1.59 bits per heavy atom. The van der Waals surface area contributed by atoms with Crippen molar-refractivity contribution in [3.8, 4) is 5.75 Å². The van der Waals surface area contributed by atoms with Gasteiger partial charge in [-0.1, -0.05) is 6.07 Å². The summed E-state index contributed by atoms with van der Waals surface area (Å²) in [6.45, 7) is 0. The van der Waals surface area contributed by atoms with Crippen LogP contribution in [0.3, 0.4) is 0 Å². The van der Waals surface area contributed by atoms with Crippen LogP contribution in [-0.4, -0.2) is 33.2 Å². The summed E-state index contributed by atoms with van der Waals surface area (Å²) in [6.07, 6.45) is 0. The fraction of sp³-hybridized carbons (Fsp3) is 0.0455. The van der Waals surface area contributed by atoms with E-state index >= 15 is 0 Å². The molecule has 0 aromatic heterocycles. The summed E-state index contributed by atoms with van der Waals surface area (Å²) < 4.78 is 32.5. The Bertz CT molecular complexity index is 1330. The molecule has 0 fully saturated rings. The molecule has 0 atom stereocenters. The lowest BCUT2D eigenvalue weighted by molar-refractivity contribution is 0.0879. The van der Waals surface area contributed by atoms with Gasteiger partial charge in [0.15, 0.2) is 0 Å². The van der Waals surface area contributed by atoms with Crippen LogP contribution in [-0.2, 0) is 10.0 Å². The van der Waals surface area contributed by atoms with E-state index in [0.717, 1.165) is 0 Å². The number of imide groups is 1. The maximum Gasteiger partial charge on any atom is 0.261 e. The van der Waals surface area contributed by atoms with Gasteiger partial charge in [0, 0.05) is 11.3 Å². The van der Waals surface area contributed by atoms with Gasteiger partial charge in [0.2, 0.25) is 0 Å². The predicted molar refractivity (Wildman–Crippen MR) is 116 cm³/mol. The molecule has 0 saturated carbocycles. The van der Waals surface area contributed by atoms with Crippen molar-refractivity contribution >= 4 is 39.1 Å². The normalized spacial score (nSPS) is 12.7. The van der Waals surface area contributed by atoms with E-state index in [1.54, 1.807) is 6.07 Å². The highest BCUT2D eigenvalue weighted by atomic mass is 32.2. The van der Waals surface area contributed by atoms with Gasteiger partial charge in [0.25, 0.3) is 27.7 Å². The molecule has 0 unspecified atom stereocenters. The smallest absolute Gasteiger partial charge is 0.261 e. The van der Waals surface area contributed by atoms with Gasteiger partial charge in [-0.15, -0.1) is 0 Å². The highest BCUT2D eigenvalue weighted by Gasteiger charge is 2.29. The number of anilines is 2. The fourth-order valence-electron chi connectivity index (χ4n) is 3.18. The first kappa shape index (κ1) is 21.1. The van der Waals surface area contributed by atoms with Gasteiger partial charge in [-0.2, -0.15) is 0 Å². The van der Waals surface area contributed by atoms with Gasteiger partial charge >= 0.3 is 0 Å². The molecule has 0 saturated heterocycles. The summed E-state index contributed by atoms with van der Waals surface area (Å²) >= 11 is 0. The highest BCUT2D eigenvalue weighted by Crippen LogP contribution is 2.25. The Labute approximate surface area is 183 Å². The predicted octanol–water partition coefficient (Wildman–Crippen LogP) is 2.63. The van der Waals surface area contributed by atoms with Crippen molar-refractivity contribution in [3.05, 3.63) is 83.4 Å². The quantitative estimate of drug-likeness (QED) is 0.494. The molecule has 3 amide bonds. The molecular weight excluding hydrogens is 434 g/mol. The number of ether oxygens (including phenoxy) is 1. The minimum Gasteiger partial charge on any atom is -0.497 e. The Hall–Kier alpha value is -4.18. The van der Waals surface area contributed by atoms with Crippen molar-refractivity contribution in [2.24, 2.45) is 0 Å². The summed E-state index contributed by atoms with van der Waals surface area (Å²) in [5.74, 6) is -1.08. The van der Waals surface area contributed by atoms with Crippen LogP contribution >= 0.6 is 0 Å². The number of carbonyl (C=O) groups is 3. The lowest BCUT2D eigenvalue weighted by Crippen LogP contribution is -2.21. The number of methoxy groups -OCH3 is 1. The summed E-state index contributed by atoms with van der Waals surface area (Å²) in [6, 6.07) is 16.3. The first-order valence-electron chi connectivity index (χ1n) is 9.35. The zero-order valence-electron chi connectivity index (χ0n) is 16.7. The molecule has 0 aliphatic carbocycles. The lowest BCUT2D eigenvalue weighted by Gasteiger charge is -2.11. The van der Waals surface area contributed by atoms with E-state index in [1.165, 1.54) is 67.8 Å².